The van der Waals surface area contributed by atoms with Gasteiger partial charge in [0.05, 0.1) is 5.52 Å². The van der Waals surface area contributed by atoms with Crippen LogP contribution in [0.25, 0.3) is 10.9 Å². The van der Waals surface area contributed by atoms with E-state index in [0.29, 0.717) is 12.0 Å². The summed E-state index contributed by atoms with van der Waals surface area (Å²) >= 11 is 5.64. The molecule has 0 N–H and O–H groups in total. The van der Waals surface area contributed by atoms with Crippen molar-refractivity contribution in [2.24, 2.45) is 0 Å². The molecular weight excluding hydrogens is 176 g/mol. The lowest BCUT2D eigenvalue weighted by atomic mass is 10.2. The van der Waals surface area contributed by atoms with Crippen LogP contribution in [0.15, 0.2) is 24.3 Å². The van der Waals surface area contributed by atoms with Crippen molar-refractivity contribution in [2.75, 3.05) is 0 Å². The molecule has 0 radical (unpaired) electrons. The molecule has 3 nitrogen and oxygen atoms in total. The van der Waals surface area contributed by atoms with Crippen molar-refractivity contribution in [3.63, 3.8) is 0 Å². The van der Waals surface area contributed by atoms with Crippen molar-refractivity contribution >= 4 is 29.0 Å². The Hall–Kier alpha value is -1.35. The van der Waals surface area contributed by atoms with E-state index in [-0.39, 0.29) is 0 Å². The lowest BCUT2D eigenvalue weighted by Gasteiger charge is -1.86. The number of aldehydes is 1. The number of aromatic nitrogens is 2. The highest BCUT2D eigenvalue weighted by Crippen LogP contribution is 2.16. The van der Waals surface area contributed by atoms with Crippen molar-refractivity contribution in [3.05, 3.63) is 30.0 Å². The summed E-state index contributed by atoms with van der Waals surface area (Å²) in [5.74, 6) is 0. The zero-order valence-corrected chi connectivity index (χ0v) is 6.82. The molecule has 1 aromatic heterocycles. The van der Waals surface area contributed by atoms with Crippen LogP contribution in [-0.2, 0) is 0 Å². The number of fused-ring (bicyclic) bond motifs is 1. The number of hydrogen-bond acceptors (Lipinski definition) is 2. The molecule has 0 saturated heterocycles. The summed E-state index contributed by atoms with van der Waals surface area (Å²) in [6.45, 7) is 0. The van der Waals surface area contributed by atoms with Crippen molar-refractivity contribution in [1.82, 2.24) is 9.30 Å². The number of hydrogen-bond donors (Lipinski definition) is 0. The minimum atomic E-state index is 0.396. The molecule has 60 valence electrons. The Morgan fingerprint density at radius 2 is 2.17 bits per heavy atom. The molecule has 1 aromatic carbocycles. The van der Waals surface area contributed by atoms with E-state index in [2.05, 4.69) is 5.10 Å². The molecule has 12 heavy (non-hydrogen) atoms. The SMILES string of the molecule is O=Cc1c2ccccc2nn1Cl. The van der Waals surface area contributed by atoms with Gasteiger partial charge in [-0.05, 0) is 6.07 Å². The van der Waals surface area contributed by atoms with Gasteiger partial charge in [-0.3, -0.25) is 4.79 Å². The fourth-order valence-corrected chi connectivity index (χ4v) is 1.34. The summed E-state index contributed by atoms with van der Waals surface area (Å²) in [5, 5.41) is 4.71. The molecule has 0 atom stereocenters. The lowest BCUT2D eigenvalue weighted by molar-refractivity contribution is 0.111. The second-order valence-electron chi connectivity index (χ2n) is 2.38. The zero-order valence-electron chi connectivity index (χ0n) is 6.07. The first kappa shape index (κ1) is 7.31. The minimum Gasteiger partial charge on any atom is -0.296 e. The van der Waals surface area contributed by atoms with Crippen LogP contribution in [0.4, 0.5) is 0 Å². The molecule has 0 aliphatic carbocycles. The van der Waals surface area contributed by atoms with E-state index < -0.39 is 0 Å². The van der Waals surface area contributed by atoms with E-state index >= 15 is 0 Å². The first-order valence-electron chi connectivity index (χ1n) is 3.42. The summed E-state index contributed by atoms with van der Waals surface area (Å²) < 4.78 is 1.07. The van der Waals surface area contributed by atoms with Gasteiger partial charge in [0, 0.05) is 17.2 Å². The smallest absolute Gasteiger partial charge is 0.170 e. The number of rotatable bonds is 1. The van der Waals surface area contributed by atoms with Crippen LogP contribution in [0.3, 0.4) is 0 Å². The summed E-state index contributed by atoms with van der Waals surface area (Å²) in [5.41, 5.74) is 1.13. The van der Waals surface area contributed by atoms with E-state index in [9.17, 15) is 4.79 Å². The van der Waals surface area contributed by atoms with E-state index in [1.165, 1.54) is 0 Å². The molecule has 0 spiro atoms. The molecular formula is C8H5ClN2O. The molecule has 0 aliphatic heterocycles. The first-order chi connectivity index (χ1) is 5.83. The van der Waals surface area contributed by atoms with Crippen LogP contribution in [0, 0.1) is 0 Å². The van der Waals surface area contributed by atoms with Gasteiger partial charge in [-0.15, -0.1) is 0 Å². The quantitative estimate of drug-likeness (QED) is 0.628. The molecule has 1 heterocycles. The largest absolute Gasteiger partial charge is 0.296 e. The number of halogens is 1. The van der Waals surface area contributed by atoms with Crippen LogP contribution in [0.1, 0.15) is 10.5 Å². The fraction of sp³-hybridized carbons (Fsp3) is 0. The average Bonchev–Trinajstić information content (AvgIpc) is 2.40. The Bertz CT molecular complexity index is 436. The van der Waals surface area contributed by atoms with Gasteiger partial charge in [0.15, 0.2) is 6.29 Å². The third kappa shape index (κ3) is 0.905. The van der Waals surface area contributed by atoms with Gasteiger partial charge >= 0.3 is 0 Å². The molecule has 0 saturated carbocycles. The molecule has 2 rings (SSSR count). The molecule has 0 unspecified atom stereocenters. The number of nitrogens with zero attached hydrogens (tertiary/aromatic N) is 2. The predicted octanol–water partition coefficient (Wildman–Crippen LogP) is 1.85. The van der Waals surface area contributed by atoms with E-state index in [4.69, 9.17) is 11.8 Å². The molecule has 0 bridgehead atoms. The summed E-state index contributed by atoms with van der Waals surface area (Å²) in [7, 11) is 0. The Kier molecular flexibility index (Phi) is 1.59. The van der Waals surface area contributed by atoms with E-state index in [1.807, 2.05) is 18.2 Å². The van der Waals surface area contributed by atoms with Crippen LogP contribution in [-0.4, -0.2) is 15.6 Å². The first-order valence-corrected chi connectivity index (χ1v) is 3.76. The van der Waals surface area contributed by atoms with Gasteiger partial charge in [0.25, 0.3) is 0 Å². The second-order valence-corrected chi connectivity index (χ2v) is 2.70. The molecule has 0 fully saturated rings. The molecule has 2 aromatic rings. The highest BCUT2D eigenvalue weighted by molar-refractivity contribution is 6.18. The van der Waals surface area contributed by atoms with Crippen LogP contribution in [0.5, 0.6) is 0 Å². The molecule has 4 heteroatoms. The average molecular weight is 181 g/mol. The maximum Gasteiger partial charge on any atom is 0.170 e. The minimum absolute atomic E-state index is 0.396. The third-order valence-electron chi connectivity index (χ3n) is 1.69. The zero-order chi connectivity index (χ0) is 8.55. The van der Waals surface area contributed by atoms with E-state index in [0.717, 1.165) is 15.1 Å². The van der Waals surface area contributed by atoms with Gasteiger partial charge in [-0.1, -0.05) is 18.2 Å². The number of benzene rings is 1. The standard InChI is InChI=1S/C8H5ClN2O/c9-11-8(5-12)6-3-1-2-4-7(6)10-11/h1-5H. The fourth-order valence-electron chi connectivity index (χ4n) is 1.13. The Morgan fingerprint density at radius 1 is 1.42 bits per heavy atom. The van der Waals surface area contributed by atoms with E-state index in [1.54, 1.807) is 6.07 Å². The summed E-state index contributed by atoms with van der Waals surface area (Å²) in [6.07, 6.45) is 0.697. The highest BCUT2D eigenvalue weighted by atomic mass is 35.5. The number of carbonyl (C=O) groups excluding carboxylic acids is 1. The lowest BCUT2D eigenvalue weighted by Crippen LogP contribution is -1.88. The Balaban J connectivity index is 2.90. The van der Waals surface area contributed by atoms with Crippen molar-refractivity contribution in [3.8, 4) is 0 Å². The predicted molar refractivity (Wildman–Crippen MR) is 46.4 cm³/mol. The summed E-state index contributed by atoms with van der Waals surface area (Å²) in [4.78, 5) is 10.6. The van der Waals surface area contributed by atoms with Crippen molar-refractivity contribution in [1.29, 1.82) is 0 Å². The van der Waals surface area contributed by atoms with Crippen LogP contribution >= 0.6 is 11.8 Å². The summed E-state index contributed by atoms with van der Waals surface area (Å²) in [6, 6.07) is 7.31. The van der Waals surface area contributed by atoms with Crippen molar-refractivity contribution in [2.45, 2.75) is 0 Å². The molecule has 0 aliphatic rings. The Morgan fingerprint density at radius 3 is 2.92 bits per heavy atom. The topological polar surface area (TPSA) is 34.9 Å². The van der Waals surface area contributed by atoms with Crippen LogP contribution in [0.2, 0.25) is 0 Å². The van der Waals surface area contributed by atoms with Crippen LogP contribution < -0.4 is 0 Å². The third-order valence-corrected chi connectivity index (χ3v) is 1.94. The maximum atomic E-state index is 10.6. The molecule has 0 amide bonds. The van der Waals surface area contributed by atoms with Gasteiger partial charge < -0.3 is 0 Å². The monoisotopic (exact) mass is 180 g/mol. The van der Waals surface area contributed by atoms with Crippen molar-refractivity contribution < 1.29 is 4.79 Å². The highest BCUT2D eigenvalue weighted by Gasteiger charge is 2.06. The van der Waals surface area contributed by atoms with Gasteiger partial charge in [0.2, 0.25) is 0 Å². The van der Waals surface area contributed by atoms with Gasteiger partial charge in [-0.2, -0.15) is 9.30 Å². The van der Waals surface area contributed by atoms with Gasteiger partial charge in [0.1, 0.15) is 5.69 Å². The Labute approximate surface area is 73.7 Å². The normalized spacial score (nSPS) is 10.4. The second kappa shape index (κ2) is 2.60. The van der Waals surface area contributed by atoms with Gasteiger partial charge in [-0.25, -0.2) is 0 Å². The number of carbonyl (C=O) groups is 1. The maximum absolute atomic E-state index is 10.6.